The molecule has 0 saturated heterocycles. The Kier molecular flexibility index (Phi) is 8.63. The minimum Gasteiger partial charge on any atom is -0.483 e. The van der Waals surface area contributed by atoms with E-state index in [1.807, 2.05) is 18.2 Å². The molecular weight excluding hydrogens is 463 g/mol. The van der Waals surface area contributed by atoms with Gasteiger partial charge in [-0.05, 0) is 53.9 Å². The molecule has 0 fully saturated rings. The van der Waals surface area contributed by atoms with Crippen molar-refractivity contribution in [3.63, 3.8) is 0 Å². The Bertz CT molecular complexity index is 1190. The van der Waals surface area contributed by atoms with Crippen LogP contribution in [0.1, 0.15) is 21.5 Å². The second kappa shape index (κ2) is 11.9. The van der Waals surface area contributed by atoms with Crippen LogP contribution in [0.2, 0.25) is 10.0 Å². The number of esters is 1. The van der Waals surface area contributed by atoms with E-state index in [1.54, 1.807) is 42.5 Å². The van der Waals surface area contributed by atoms with Crippen LogP contribution in [-0.2, 0) is 11.2 Å². The van der Waals surface area contributed by atoms with Gasteiger partial charge in [-0.3, -0.25) is 4.79 Å². The van der Waals surface area contributed by atoms with Gasteiger partial charge in [0.1, 0.15) is 11.5 Å². The Balaban J connectivity index is 1.54. The number of halogens is 2. The van der Waals surface area contributed by atoms with Crippen molar-refractivity contribution in [2.24, 2.45) is 5.10 Å². The van der Waals surface area contributed by atoms with Gasteiger partial charge >= 0.3 is 5.97 Å². The third kappa shape index (κ3) is 7.20. The molecular formula is C25H20Cl2N2O4. The van der Waals surface area contributed by atoms with E-state index < -0.39 is 11.9 Å². The van der Waals surface area contributed by atoms with Crippen LogP contribution in [0, 0.1) is 0 Å². The van der Waals surface area contributed by atoms with Gasteiger partial charge < -0.3 is 9.47 Å². The summed E-state index contributed by atoms with van der Waals surface area (Å²) in [6.45, 7) is 3.52. The lowest BCUT2D eigenvalue weighted by molar-refractivity contribution is -0.123. The number of ether oxygens (including phenoxy) is 2. The first-order valence-electron chi connectivity index (χ1n) is 9.87. The molecule has 1 N–H and O–H groups in total. The molecule has 0 unspecified atom stereocenters. The molecule has 3 aromatic carbocycles. The first kappa shape index (κ1) is 24.0. The van der Waals surface area contributed by atoms with Gasteiger partial charge in [0.15, 0.2) is 6.61 Å². The molecule has 0 heterocycles. The predicted octanol–water partition coefficient (Wildman–Crippen LogP) is 5.47. The van der Waals surface area contributed by atoms with E-state index in [-0.39, 0.29) is 17.2 Å². The molecule has 3 aromatic rings. The van der Waals surface area contributed by atoms with Crippen LogP contribution in [-0.4, -0.2) is 24.7 Å². The lowest BCUT2D eigenvalue weighted by Gasteiger charge is -2.09. The van der Waals surface area contributed by atoms with E-state index in [1.165, 1.54) is 18.3 Å². The highest BCUT2D eigenvalue weighted by Crippen LogP contribution is 2.23. The smallest absolute Gasteiger partial charge is 0.345 e. The first-order valence-corrected chi connectivity index (χ1v) is 10.6. The summed E-state index contributed by atoms with van der Waals surface area (Å²) in [7, 11) is 0. The Morgan fingerprint density at radius 3 is 2.64 bits per heavy atom. The van der Waals surface area contributed by atoms with Crippen molar-refractivity contribution >= 4 is 41.3 Å². The molecule has 0 aliphatic rings. The molecule has 168 valence electrons. The quantitative estimate of drug-likeness (QED) is 0.144. The Morgan fingerprint density at radius 1 is 1.03 bits per heavy atom. The number of amides is 1. The monoisotopic (exact) mass is 482 g/mol. The van der Waals surface area contributed by atoms with Crippen molar-refractivity contribution in [3.05, 3.63) is 106 Å². The average Bonchev–Trinajstić information content (AvgIpc) is 2.79. The molecule has 0 spiro atoms. The Labute approximate surface area is 201 Å². The molecule has 0 atom stereocenters. The van der Waals surface area contributed by atoms with Crippen molar-refractivity contribution in [2.45, 2.75) is 6.42 Å². The number of carbonyl (C=O) groups is 2. The maximum Gasteiger partial charge on any atom is 0.345 e. The topological polar surface area (TPSA) is 77.0 Å². The normalized spacial score (nSPS) is 10.6. The third-order valence-corrected chi connectivity index (χ3v) is 4.87. The SMILES string of the molecule is C=CCc1ccccc1OCC(=O)N/N=C/c1cccc(OC(=O)c2ccc(Cl)cc2Cl)c1. The molecule has 1 amide bonds. The highest BCUT2D eigenvalue weighted by Gasteiger charge is 2.13. The van der Waals surface area contributed by atoms with Crippen molar-refractivity contribution in [3.8, 4) is 11.5 Å². The number of para-hydroxylation sites is 1. The summed E-state index contributed by atoms with van der Waals surface area (Å²) in [6, 6.07) is 18.6. The minimum atomic E-state index is -0.618. The average molecular weight is 483 g/mol. The van der Waals surface area contributed by atoms with Crippen molar-refractivity contribution < 1.29 is 19.1 Å². The second-order valence-electron chi connectivity index (χ2n) is 6.77. The van der Waals surface area contributed by atoms with Gasteiger partial charge in [0, 0.05) is 5.02 Å². The standard InChI is InChI=1S/C25H20Cl2N2O4/c1-2-6-18-8-3-4-10-23(18)32-16-24(30)29-28-15-17-7-5-9-20(13-17)33-25(31)21-12-11-19(26)14-22(21)27/h2-5,7-15H,1,6,16H2,(H,29,30)/b28-15+. The number of carbonyl (C=O) groups excluding carboxylic acids is 2. The van der Waals surface area contributed by atoms with Crippen LogP contribution in [0.25, 0.3) is 0 Å². The first-order chi connectivity index (χ1) is 16.0. The number of rotatable bonds is 9. The lowest BCUT2D eigenvalue weighted by atomic mass is 10.1. The molecule has 0 aromatic heterocycles. The fourth-order valence-electron chi connectivity index (χ4n) is 2.80. The van der Waals surface area contributed by atoms with Crippen LogP contribution in [0.4, 0.5) is 0 Å². The van der Waals surface area contributed by atoms with Gasteiger partial charge in [-0.15, -0.1) is 6.58 Å². The van der Waals surface area contributed by atoms with Gasteiger partial charge in [-0.1, -0.05) is 59.6 Å². The van der Waals surface area contributed by atoms with Crippen LogP contribution < -0.4 is 14.9 Å². The fraction of sp³-hybridized carbons (Fsp3) is 0.0800. The lowest BCUT2D eigenvalue weighted by Crippen LogP contribution is -2.24. The Morgan fingerprint density at radius 2 is 1.85 bits per heavy atom. The van der Waals surface area contributed by atoms with Crippen LogP contribution in [0.15, 0.2) is 84.5 Å². The van der Waals surface area contributed by atoms with Gasteiger partial charge in [0.25, 0.3) is 5.91 Å². The van der Waals surface area contributed by atoms with E-state index in [9.17, 15) is 9.59 Å². The number of nitrogens with one attached hydrogen (secondary N) is 1. The highest BCUT2D eigenvalue weighted by molar-refractivity contribution is 6.36. The minimum absolute atomic E-state index is 0.189. The van der Waals surface area contributed by atoms with E-state index in [2.05, 4.69) is 17.1 Å². The van der Waals surface area contributed by atoms with Crippen LogP contribution in [0.3, 0.4) is 0 Å². The number of hydrogen-bond acceptors (Lipinski definition) is 5. The summed E-state index contributed by atoms with van der Waals surface area (Å²) >= 11 is 11.9. The van der Waals surface area contributed by atoms with Crippen molar-refractivity contribution in [2.75, 3.05) is 6.61 Å². The molecule has 0 aliphatic heterocycles. The molecule has 6 nitrogen and oxygen atoms in total. The van der Waals surface area contributed by atoms with E-state index in [0.29, 0.717) is 28.5 Å². The molecule has 33 heavy (non-hydrogen) atoms. The van der Waals surface area contributed by atoms with Gasteiger partial charge in [-0.25, -0.2) is 10.2 Å². The maximum atomic E-state index is 12.4. The third-order valence-electron chi connectivity index (χ3n) is 4.32. The van der Waals surface area contributed by atoms with E-state index >= 15 is 0 Å². The zero-order chi connectivity index (χ0) is 23.6. The van der Waals surface area contributed by atoms with E-state index in [0.717, 1.165) is 5.56 Å². The highest BCUT2D eigenvalue weighted by atomic mass is 35.5. The number of hydrazone groups is 1. The van der Waals surface area contributed by atoms with Crippen LogP contribution in [0.5, 0.6) is 11.5 Å². The molecule has 0 bridgehead atoms. The van der Waals surface area contributed by atoms with Gasteiger partial charge in [0.05, 0.1) is 16.8 Å². The second-order valence-corrected chi connectivity index (χ2v) is 7.61. The summed E-state index contributed by atoms with van der Waals surface area (Å²) in [6.07, 6.45) is 3.83. The summed E-state index contributed by atoms with van der Waals surface area (Å²) in [4.78, 5) is 24.4. The zero-order valence-electron chi connectivity index (χ0n) is 17.5. The van der Waals surface area contributed by atoms with Crippen LogP contribution >= 0.6 is 23.2 Å². The number of hydrogen-bond donors (Lipinski definition) is 1. The molecule has 3 rings (SSSR count). The number of benzene rings is 3. The van der Waals surface area contributed by atoms with E-state index in [4.69, 9.17) is 32.7 Å². The number of nitrogens with zero attached hydrogens (tertiary/aromatic N) is 1. The van der Waals surface area contributed by atoms with Gasteiger partial charge in [0.2, 0.25) is 0 Å². The zero-order valence-corrected chi connectivity index (χ0v) is 19.0. The fourth-order valence-corrected chi connectivity index (χ4v) is 3.28. The largest absolute Gasteiger partial charge is 0.483 e. The van der Waals surface area contributed by atoms with Crippen molar-refractivity contribution in [1.82, 2.24) is 5.43 Å². The molecule has 0 aliphatic carbocycles. The van der Waals surface area contributed by atoms with Crippen molar-refractivity contribution in [1.29, 1.82) is 0 Å². The summed E-state index contributed by atoms with van der Waals surface area (Å²) < 4.78 is 10.9. The summed E-state index contributed by atoms with van der Waals surface area (Å²) in [5, 5.41) is 4.53. The predicted molar refractivity (Wildman–Crippen MR) is 129 cm³/mol. The molecule has 0 radical (unpaired) electrons. The summed E-state index contributed by atoms with van der Waals surface area (Å²) in [5.41, 5.74) is 4.15. The Hall–Kier alpha value is -3.61. The summed E-state index contributed by atoms with van der Waals surface area (Å²) in [5.74, 6) is -0.122. The molecule has 0 saturated carbocycles. The molecule has 8 heteroatoms. The van der Waals surface area contributed by atoms with Gasteiger partial charge in [-0.2, -0.15) is 5.10 Å². The number of allylic oxidation sites excluding steroid dienone is 1. The maximum absolute atomic E-state index is 12.4.